The van der Waals surface area contributed by atoms with Gasteiger partial charge in [-0.15, -0.1) is 0 Å². The number of hydrogen-bond donors (Lipinski definition) is 1. The van der Waals surface area contributed by atoms with Gasteiger partial charge in [0.15, 0.2) is 0 Å². The van der Waals surface area contributed by atoms with Crippen LogP contribution in [0.2, 0.25) is 0 Å². The van der Waals surface area contributed by atoms with Crippen LogP contribution in [-0.2, 0) is 11.3 Å². The molecule has 1 aliphatic rings. The van der Waals surface area contributed by atoms with E-state index in [1.165, 1.54) is 0 Å². The maximum absolute atomic E-state index is 5.28. The molecule has 4 heteroatoms. The van der Waals surface area contributed by atoms with Crippen molar-refractivity contribution in [3.63, 3.8) is 0 Å². The lowest BCUT2D eigenvalue weighted by molar-refractivity contribution is 0.189. The third-order valence-electron chi connectivity index (χ3n) is 2.49. The monoisotopic (exact) mass is 208 g/mol. The maximum atomic E-state index is 5.28. The van der Waals surface area contributed by atoms with E-state index in [0.29, 0.717) is 11.9 Å². The van der Waals surface area contributed by atoms with Gasteiger partial charge >= 0.3 is 0 Å². The lowest BCUT2D eigenvalue weighted by atomic mass is 10.2. The zero-order chi connectivity index (χ0) is 10.5. The first-order chi connectivity index (χ1) is 7.38. The number of pyridine rings is 1. The summed E-state index contributed by atoms with van der Waals surface area (Å²) in [7, 11) is 1.63. The maximum Gasteiger partial charge on any atom is 0.213 e. The minimum absolute atomic E-state index is 0.470. The molecule has 82 valence electrons. The Morgan fingerprint density at radius 3 is 3.27 bits per heavy atom. The van der Waals surface area contributed by atoms with E-state index in [2.05, 4.69) is 10.3 Å². The fraction of sp³-hybridized carbons (Fsp3) is 0.545. The van der Waals surface area contributed by atoms with E-state index >= 15 is 0 Å². The number of aromatic nitrogens is 1. The molecule has 1 saturated heterocycles. The largest absolute Gasteiger partial charge is 0.481 e. The van der Waals surface area contributed by atoms with Crippen molar-refractivity contribution in [1.82, 2.24) is 10.3 Å². The second-order valence-electron chi connectivity index (χ2n) is 3.61. The van der Waals surface area contributed by atoms with Crippen LogP contribution < -0.4 is 10.1 Å². The summed E-state index contributed by atoms with van der Waals surface area (Å²) in [6.45, 7) is 2.44. The second-order valence-corrected chi connectivity index (χ2v) is 3.61. The molecule has 1 aromatic rings. The Bertz CT molecular complexity index is 311. The number of hydrogen-bond acceptors (Lipinski definition) is 4. The van der Waals surface area contributed by atoms with Gasteiger partial charge in [0.25, 0.3) is 0 Å². The van der Waals surface area contributed by atoms with Crippen LogP contribution in [0.5, 0.6) is 5.88 Å². The van der Waals surface area contributed by atoms with Crippen molar-refractivity contribution in [2.24, 2.45) is 0 Å². The Morgan fingerprint density at radius 1 is 1.60 bits per heavy atom. The molecule has 1 unspecified atom stereocenters. The fourth-order valence-electron chi connectivity index (χ4n) is 1.61. The molecule has 4 nitrogen and oxygen atoms in total. The predicted molar refractivity (Wildman–Crippen MR) is 56.9 cm³/mol. The lowest BCUT2D eigenvalue weighted by Crippen LogP contribution is -2.28. The Hall–Kier alpha value is -1.13. The molecular formula is C11H16N2O2. The zero-order valence-corrected chi connectivity index (χ0v) is 8.90. The van der Waals surface area contributed by atoms with E-state index < -0.39 is 0 Å². The van der Waals surface area contributed by atoms with Crippen molar-refractivity contribution in [1.29, 1.82) is 0 Å². The van der Waals surface area contributed by atoms with Crippen LogP contribution in [0, 0.1) is 0 Å². The summed E-state index contributed by atoms with van der Waals surface area (Å²) < 4.78 is 10.3. The van der Waals surface area contributed by atoms with E-state index in [1.54, 1.807) is 7.11 Å². The summed E-state index contributed by atoms with van der Waals surface area (Å²) >= 11 is 0. The molecule has 0 spiro atoms. The first-order valence-electron chi connectivity index (χ1n) is 5.19. The molecule has 0 amide bonds. The number of nitrogens with one attached hydrogen (secondary N) is 1. The van der Waals surface area contributed by atoms with Crippen molar-refractivity contribution in [2.75, 3.05) is 20.3 Å². The third-order valence-corrected chi connectivity index (χ3v) is 2.49. The van der Waals surface area contributed by atoms with Crippen LogP contribution in [0.25, 0.3) is 0 Å². The standard InChI is InChI=1S/C11H16N2O2/c1-14-11-4-2-3-9(13-11)7-12-10-5-6-15-8-10/h2-4,10,12H,5-8H2,1H3. The Balaban J connectivity index is 1.86. The summed E-state index contributed by atoms with van der Waals surface area (Å²) in [5.74, 6) is 0.664. The van der Waals surface area contributed by atoms with Gasteiger partial charge in [-0.2, -0.15) is 0 Å². The van der Waals surface area contributed by atoms with Gasteiger partial charge in [0, 0.05) is 25.3 Å². The molecule has 1 fully saturated rings. The van der Waals surface area contributed by atoms with Gasteiger partial charge in [0.05, 0.1) is 19.4 Å². The van der Waals surface area contributed by atoms with Gasteiger partial charge in [0.2, 0.25) is 5.88 Å². The highest BCUT2D eigenvalue weighted by molar-refractivity contribution is 5.15. The average molecular weight is 208 g/mol. The molecule has 1 N–H and O–H groups in total. The van der Waals surface area contributed by atoms with Gasteiger partial charge in [-0.25, -0.2) is 4.98 Å². The third kappa shape index (κ3) is 2.91. The van der Waals surface area contributed by atoms with E-state index in [4.69, 9.17) is 9.47 Å². The SMILES string of the molecule is COc1cccc(CNC2CCOC2)n1. The van der Waals surface area contributed by atoms with Gasteiger partial charge in [-0.1, -0.05) is 6.07 Å². The summed E-state index contributed by atoms with van der Waals surface area (Å²) in [5, 5.41) is 3.41. The fourth-order valence-corrected chi connectivity index (χ4v) is 1.61. The molecular weight excluding hydrogens is 192 g/mol. The van der Waals surface area contributed by atoms with Gasteiger partial charge in [-0.3, -0.25) is 0 Å². The second kappa shape index (κ2) is 5.09. The van der Waals surface area contributed by atoms with E-state index in [0.717, 1.165) is 31.9 Å². The molecule has 0 radical (unpaired) electrons. The number of nitrogens with zero attached hydrogens (tertiary/aromatic N) is 1. The van der Waals surface area contributed by atoms with Crippen LogP contribution in [0.4, 0.5) is 0 Å². The van der Waals surface area contributed by atoms with Crippen LogP contribution in [-0.4, -0.2) is 31.3 Å². The molecule has 15 heavy (non-hydrogen) atoms. The molecule has 1 aromatic heterocycles. The van der Waals surface area contributed by atoms with Crippen molar-refractivity contribution in [2.45, 2.75) is 19.0 Å². The highest BCUT2D eigenvalue weighted by Gasteiger charge is 2.14. The van der Waals surface area contributed by atoms with Crippen LogP contribution in [0.1, 0.15) is 12.1 Å². The molecule has 0 bridgehead atoms. The highest BCUT2D eigenvalue weighted by Crippen LogP contribution is 2.08. The van der Waals surface area contributed by atoms with Crippen molar-refractivity contribution in [3.8, 4) is 5.88 Å². The number of ether oxygens (including phenoxy) is 2. The summed E-state index contributed by atoms with van der Waals surface area (Å²) in [4.78, 5) is 4.33. The summed E-state index contributed by atoms with van der Waals surface area (Å²) in [6.07, 6.45) is 1.09. The average Bonchev–Trinajstić information content (AvgIpc) is 2.79. The highest BCUT2D eigenvalue weighted by atomic mass is 16.5. The Kier molecular flexibility index (Phi) is 3.53. The van der Waals surface area contributed by atoms with Gasteiger partial charge in [0.1, 0.15) is 0 Å². The molecule has 0 aliphatic carbocycles. The minimum Gasteiger partial charge on any atom is -0.481 e. The van der Waals surface area contributed by atoms with Crippen molar-refractivity contribution in [3.05, 3.63) is 23.9 Å². The lowest BCUT2D eigenvalue weighted by Gasteiger charge is -2.10. The van der Waals surface area contributed by atoms with Crippen LogP contribution in [0.15, 0.2) is 18.2 Å². The van der Waals surface area contributed by atoms with Gasteiger partial charge < -0.3 is 14.8 Å². The van der Waals surface area contributed by atoms with Crippen molar-refractivity contribution < 1.29 is 9.47 Å². The normalized spacial score (nSPS) is 20.5. The van der Waals surface area contributed by atoms with Gasteiger partial charge in [-0.05, 0) is 12.5 Å². The molecule has 1 atom stereocenters. The Morgan fingerprint density at radius 2 is 2.53 bits per heavy atom. The quantitative estimate of drug-likeness (QED) is 0.800. The first-order valence-corrected chi connectivity index (χ1v) is 5.19. The number of methoxy groups -OCH3 is 1. The van der Waals surface area contributed by atoms with E-state index in [-0.39, 0.29) is 0 Å². The summed E-state index contributed by atoms with van der Waals surface area (Å²) in [5.41, 5.74) is 1.00. The smallest absolute Gasteiger partial charge is 0.213 e. The summed E-state index contributed by atoms with van der Waals surface area (Å²) in [6, 6.07) is 6.26. The minimum atomic E-state index is 0.470. The molecule has 0 saturated carbocycles. The van der Waals surface area contributed by atoms with Crippen LogP contribution >= 0.6 is 0 Å². The molecule has 2 heterocycles. The van der Waals surface area contributed by atoms with Crippen LogP contribution in [0.3, 0.4) is 0 Å². The first kappa shape index (κ1) is 10.4. The molecule has 1 aliphatic heterocycles. The van der Waals surface area contributed by atoms with Crippen molar-refractivity contribution >= 4 is 0 Å². The Labute approximate surface area is 89.6 Å². The molecule has 2 rings (SSSR count). The number of rotatable bonds is 4. The van der Waals surface area contributed by atoms with E-state index in [1.807, 2.05) is 18.2 Å². The van der Waals surface area contributed by atoms with E-state index in [9.17, 15) is 0 Å². The predicted octanol–water partition coefficient (Wildman–Crippen LogP) is 0.969. The zero-order valence-electron chi connectivity index (χ0n) is 8.90. The topological polar surface area (TPSA) is 43.4 Å². The molecule has 0 aromatic carbocycles.